The Kier molecular flexibility index (Phi) is 6.15. The molecule has 15 heavy (non-hydrogen) atoms. The van der Waals surface area contributed by atoms with Gasteiger partial charge < -0.3 is 4.55 Å². The average molecular weight is 245 g/mol. The van der Waals surface area contributed by atoms with Crippen LogP contribution in [0.1, 0.15) is 30.9 Å². The fourth-order valence-electron chi connectivity index (χ4n) is 1.29. The minimum atomic E-state index is -0.712. The molecule has 1 aromatic carbocycles. The molecule has 0 heterocycles. The topological polar surface area (TPSA) is 23.1 Å². The molecular formula is C12H17ClOS. The lowest BCUT2D eigenvalue weighted by molar-refractivity contribution is 0.591. The van der Waals surface area contributed by atoms with E-state index in [1.54, 1.807) is 0 Å². The highest BCUT2D eigenvalue weighted by Gasteiger charge is 2.06. The first-order chi connectivity index (χ1) is 7.26. The van der Waals surface area contributed by atoms with Crippen LogP contribution in [0.25, 0.3) is 0 Å². The van der Waals surface area contributed by atoms with Gasteiger partial charge in [-0.3, -0.25) is 0 Å². The quantitative estimate of drug-likeness (QED) is 0.555. The van der Waals surface area contributed by atoms with Crippen LogP contribution in [0.3, 0.4) is 0 Å². The van der Waals surface area contributed by atoms with E-state index in [1.807, 2.05) is 24.3 Å². The molecule has 1 aromatic rings. The molecule has 0 aliphatic carbocycles. The molecule has 3 heteroatoms. The summed E-state index contributed by atoms with van der Waals surface area (Å²) in [5, 5.41) is 0. The van der Waals surface area contributed by atoms with Crippen LogP contribution in [0.5, 0.6) is 0 Å². The van der Waals surface area contributed by atoms with Crippen molar-refractivity contribution in [1.82, 2.24) is 0 Å². The van der Waals surface area contributed by atoms with Crippen LogP contribution in [-0.2, 0) is 22.8 Å². The van der Waals surface area contributed by atoms with Crippen molar-refractivity contribution < 1.29 is 4.55 Å². The van der Waals surface area contributed by atoms with E-state index in [2.05, 4.69) is 6.92 Å². The molecule has 0 aliphatic heterocycles. The van der Waals surface area contributed by atoms with Crippen molar-refractivity contribution in [2.45, 2.75) is 31.4 Å². The highest BCUT2D eigenvalue weighted by Crippen LogP contribution is 2.11. The standard InChI is InChI=1S/C12H17ClOS/c1-2-3-8-15(14)10-12-6-4-11(9-13)5-7-12/h4-7H,2-3,8-10H2,1H3. The van der Waals surface area contributed by atoms with Crippen LogP contribution in [0.2, 0.25) is 0 Å². The summed E-state index contributed by atoms with van der Waals surface area (Å²) in [6, 6.07) is 8.03. The second kappa shape index (κ2) is 7.15. The zero-order valence-electron chi connectivity index (χ0n) is 9.04. The van der Waals surface area contributed by atoms with Crippen LogP contribution < -0.4 is 0 Å². The molecule has 0 radical (unpaired) electrons. The number of hydrogen-bond acceptors (Lipinski definition) is 1. The van der Waals surface area contributed by atoms with Gasteiger partial charge in [0.05, 0.1) is 0 Å². The van der Waals surface area contributed by atoms with Crippen molar-refractivity contribution in [3.63, 3.8) is 0 Å². The third-order valence-electron chi connectivity index (χ3n) is 2.23. The van der Waals surface area contributed by atoms with Crippen LogP contribution in [0.4, 0.5) is 0 Å². The average Bonchev–Trinajstić information content (AvgIpc) is 2.27. The third-order valence-corrected chi connectivity index (χ3v) is 3.94. The van der Waals surface area contributed by atoms with Crippen LogP contribution >= 0.6 is 11.6 Å². The molecule has 0 saturated carbocycles. The summed E-state index contributed by atoms with van der Waals surface area (Å²) < 4.78 is 11.6. The van der Waals surface area contributed by atoms with Gasteiger partial charge in [0.1, 0.15) is 11.5 Å². The Morgan fingerprint density at radius 3 is 2.33 bits per heavy atom. The lowest BCUT2D eigenvalue weighted by Gasteiger charge is -2.10. The highest BCUT2D eigenvalue weighted by atomic mass is 35.5. The Morgan fingerprint density at radius 2 is 1.80 bits per heavy atom. The summed E-state index contributed by atoms with van der Waals surface area (Å²) in [5.41, 5.74) is 2.25. The third kappa shape index (κ3) is 4.92. The van der Waals surface area contributed by atoms with Crippen LogP contribution in [0.15, 0.2) is 24.3 Å². The maximum absolute atomic E-state index is 11.6. The minimum Gasteiger partial charge on any atom is -0.616 e. The van der Waals surface area contributed by atoms with E-state index in [-0.39, 0.29) is 0 Å². The molecule has 1 nitrogen and oxygen atoms in total. The van der Waals surface area contributed by atoms with Gasteiger partial charge in [0, 0.05) is 11.4 Å². The van der Waals surface area contributed by atoms with E-state index in [1.165, 1.54) is 0 Å². The van der Waals surface area contributed by atoms with E-state index in [0.29, 0.717) is 11.6 Å². The Labute approximate surface area is 100 Å². The van der Waals surface area contributed by atoms with Crippen molar-refractivity contribution in [2.24, 2.45) is 0 Å². The van der Waals surface area contributed by atoms with Crippen molar-refractivity contribution >= 4 is 22.8 Å². The maximum Gasteiger partial charge on any atom is 0.130 e. The molecule has 0 fully saturated rings. The first-order valence-electron chi connectivity index (χ1n) is 5.25. The first kappa shape index (κ1) is 12.9. The molecule has 1 unspecified atom stereocenters. The molecule has 0 aliphatic rings. The van der Waals surface area contributed by atoms with Gasteiger partial charge in [0.15, 0.2) is 0 Å². The van der Waals surface area contributed by atoms with Crippen molar-refractivity contribution in [1.29, 1.82) is 0 Å². The fraction of sp³-hybridized carbons (Fsp3) is 0.500. The molecule has 1 atom stereocenters. The number of alkyl halides is 1. The monoisotopic (exact) mass is 244 g/mol. The second-order valence-electron chi connectivity index (χ2n) is 3.59. The summed E-state index contributed by atoms with van der Waals surface area (Å²) in [5.74, 6) is 2.02. The van der Waals surface area contributed by atoms with Crippen molar-refractivity contribution in [3.8, 4) is 0 Å². The van der Waals surface area contributed by atoms with Gasteiger partial charge in [0.2, 0.25) is 0 Å². The van der Waals surface area contributed by atoms with E-state index in [9.17, 15) is 4.55 Å². The zero-order chi connectivity index (χ0) is 11.1. The minimum absolute atomic E-state index is 0.541. The van der Waals surface area contributed by atoms with Gasteiger partial charge in [-0.1, -0.05) is 37.6 Å². The smallest absolute Gasteiger partial charge is 0.130 e. The lowest BCUT2D eigenvalue weighted by atomic mass is 10.2. The van der Waals surface area contributed by atoms with Crippen molar-refractivity contribution in [3.05, 3.63) is 35.4 Å². The summed E-state index contributed by atoms with van der Waals surface area (Å²) in [7, 11) is 0. The Hall–Kier alpha value is -0.180. The number of benzene rings is 1. The predicted octanol–water partition coefficient (Wildman–Crippen LogP) is 3.47. The van der Waals surface area contributed by atoms with Gasteiger partial charge in [-0.15, -0.1) is 11.6 Å². The first-order valence-corrected chi connectivity index (χ1v) is 7.27. The SMILES string of the molecule is CCCC[S+]([O-])Cc1ccc(CCl)cc1. The van der Waals surface area contributed by atoms with E-state index < -0.39 is 11.2 Å². The number of rotatable bonds is 6. The van der Waals surface area contributed by atoms with Crippen LogP contribution in [0, 0.1) is 0 Å². The molecule has 1 rings (SSSR count). The van der Waals surface area contributed by atoms with Gasteiger partial charge in [-0.25, -0.2) is 0 Å². The summed E-state index contributed by atoms with van der Waals surface area (Å²) in [6.45, 7) is 2.12. The van der Waals surface area contributed by atoms with Gasteiger partial charge in [-0.05, 0) is 23.2 Å². The van der Waals surface area contributed by atoms with Gasteiger partial charge in [-0.2, -0.15) is 0 Å². The molecule has 0 aromatic heterocycles. The normalized spacial score (nSPS) is 12.7. The summed E-state index contributed by atoms with van der Waals surface area (Å²) in [4.78, 5) is 0. The van der Waals surface area contributed by atoms with Gasteiger partial charge >= 0.3 is 0 Å². The zero-order valence-corrected chi connectivity index (χ0v) is 10.6. The molecule has 84 valence electrons. The van der Waals surface area contributed by atoms with E-state index in [0.717, 1.165) is 29.7 Å². The number of hydrogen-bond donors (Lipinski definition) is 0. The molecule has 0 saturated heterocycles. The largest absolute Gasteiger partial charge is 0.616 e. The predicted molar refractivity (Wildman–Crippen MR) is 67.6 cm³/mol. The molecule has 0 bridgehead atoms. The fourth-order valence-corrected chi connectivity index (χ4v) is 2.79. The van der Waals surface area contributed by atoms with Gasteiger partial charge in [0.25, 0.3) is 0 Å². The molecular weight excluding hydrogens is 228 g/mol. The van der Waals surface area contributed by atoms with E-state index >= 15 is 0 Å². The Balaban J connectivity index is 2.42. The lowest BCUT2D eigenvalue weighted by Crippen LogP contribution is -2.09. The Morgan fingerprint density at radius 1 is 1.20 bits per heavy atom. The van der Waals surface area contributed by atoms with Crippen molar-refractivity contribution in [2.75, 3.05) is 5.75 Å². The summed E-state index contributed by atoms with van der Waals surface area (Å²) >= 11 is 4.98. The number of unbranched alkanes of at least 4 members (excludes halogenated alkanes) is 1. The molecule has 0 N–H and O–H groups in total. The number of halogens is 1. The second-order valence-corrected chi connectivity index (χ2v) is 5.44. The molecule has 0 amide bonds. The van der Waals surface area contributed by atoms with Crippen LogP contribution in [-0.4, -0.2) is 10.3 Å². The highest BCUT2D eigenvalue weighted by molar-refractivity contribution is 7.90. The van der Waals surface area contributed by atoms with E-state index in [4.69, 9.17) is 11.6 Å². The molecule has 0 spiro atoms. The maximum atomic E-state index is 11.6. The summed E-state index contributed by atoms with van der Waals surface area (Å²) in [6.07, 6.45) is 2.16. The Bertz CT molecular complexity index is 273.